The minimum atomic E-state index is 0.340. The van der Waals surface area contributed by atoms with Crippen molar-refractivity contribution in [1.29, 1.82) is 0 Å². The molecular formula is C19H32N2. The molecule has 0 heterocycles. The molecule has 0 bridgehead atoms. The van der Waals surface area contributed by atoms with Gasteiger partial charge in [0, 0.05) is 18.6 Å². The lowest BCUT2D eigenvalue weighted by Crippen LogP contribution is -2.50. The Morgan fingerprint density at radius 1 is 1.00 bits per heavy atom. The van der Waals surface area contributed by atoms with E-state index in [4.69, 9.17) is 0 Å². The zero-order chi connectivity index (χ0) is 15.0. The van der Waals surface area contributed by atoms with Crippen LogP contribution >= 0.6 is 0 Å². The van der Waals surface area contributed by atoms with Gasteiger partial charge in [-0.1, -0.05) is 63.4 Å². The lowest BCUT2D eigenvalue weighted by molar-refractivity contribution is 0.211. The number of hydrogen-bond acceptors (Lipinski definition) is 2. The molecule has 118 valence electrons. The van der Waals surface area contributed by atoms with E-state index in [0.29, 0.717) is 5.54 Å². The van der Waals surface area contributed by atoms with Crippen LogP contribution in [0.1, 0.15) is 51.5 Å². The molecule has 0 atom stereocenters. The smallest absolute Gasteiger partial charge is 0.0222 e. The van der Waals surface area contributed by atoms with Gasteiger partial charge in [0.15, 0.2) is 0 Å². The van der Waals surface area contributed by atoms with Gasteiger partial charge in [0.1, 0.15) is 0 Å². The van der Waals surface area contributed by atoms with Crippen LogP contribution in [0.2, 0.25) is 0 Å². The molecule has 0 aromatic heterocycles. The largest absolute Gasteiger partial charge is 0.310 e. The fourth-order valence-corrected chi connectivity index (χ4v) is 3.65. The molecule has 2 rings (SSSR count). The molecule has 1 aromatic rings. The third-order valence-electron chi connectivity index (χ3n) is 5.02. The van der Waals surface area contributed by atoms with E-state index in [2.05, 4.69) is 54.4 Å². The molecular weight excluding hydrogens is 256 g/mol. The molecule has 1 saturated carbocycles. The van der Waals surface area contributed by atoms with Crippen LogP contribution in [-0.2, 0) is 6.42 Å². The average molecular weight is 288 g/mol. The summed E-state index contributed by atoms with van der Waals surface area (Å²) in [5.74, 6) is 0. The maximum Gasteiger partial charge on any atom is 0.0222 e. The number of benzene rings is 1. The van der Waals surface area contributed by atoms with Crippen LogP contribution in [0.15, 0.2) is 30.3 Å². The van der Waals surface area contributed by atoms with Crippen molar-refractivity contribution in [1.82, 2.24) is 10.2 Å². The van der Waals surface area contributed by atoms with Gasteiger partial charge in [0.25, 0.3) is 0 Å². The number of hydrogen-bond donors (Lipinski definition) is 1. The summed E-state index contributed by atoms with van der Waals surface area (Å²) < 4.78 is 0. The van der Waals surface area contributed by atoms with E-state index >= 15 is 0 Å². The Morgan fingerprint density at radius 2 is 1.67 bits per heavy atom. The number of likely N-dealkylation sites (N-methyl/N-ethyl adjacent to an activating group) is 1. The van der Waals surface area contributed by atoms with E-state index in [0.717, 1.165) is 19.6 Å². The van der Waals surface area contributed by atoms with E-state index in [9.17, 15) is 0 Å². The molecule has 2 heteroatoms. The summed E-state index contributed by atoms with van der Waals surface area (Å²) in [6.07, 6.45) is 8.02. The maximum atomic E-state index is 3.94. The zero-order valence-electron chi connectivity index (χ0n) is 13.9. The summed E-state index contributed by atoms with van der Waals surface area (Å²) in [7, 11) is 0. The third-order valence-corrected chi connectivity index (χ3v) is 5.02. The second kappa shape index (κ2) is 8.55. The van der Waals surface area contributed by atoms with E-state index < -0.39 is 0 Å². The Kier molecular flexibility index (Phi) is 6.72. The quantitative estimate of drug-likeness (QED) is 0.781. The van der Waals surface area contributed by atoms with Crippen molar-refractivity contribution < 1.29 is 0 Å². The van der Waals surface area contributed by atoms with Gasteiger partial charge in [-0.2, -0.15) is 0 Å². The van der Waals surface area contributed by atoms with Gasteiger partial charge in [0.2, 0.25) is 0 Å². The van der Waals surface area contributed by atoms with Crippen molar-refractivity contribution in [2.45, 2.75) is 57.9 Å². The Hall–Kier alpha value is -0.860. The lowest BCUT2D eigenvalue weighted by atomic mass is 9.77. The Labute approximate surface area is 130 Å². The summed E-state index contributed by atoms with van der Waals surface area (Å²) in [6, 6.07) is 11.0. The van der Waals surface area contributed by atoms with Gasteiger partial charge in [-0.05, 0) is 37.9 Å². The maximum absolute atomic E-state index is 3.94. The summed E-state index contributed by atoms with van der Waals surface area (Å²) in [6.45, 7) is 9.11. The van der Waals surface area contributed by atoms with Crippen molar-refractivity contribution in [3.63, 3.8) is 0 Å². The lowest BCUT2D eigenvalue weighted by Gasteiger charge is -2.39. The first-order valence-corrected chi connectivity index (χ1v) is 8.79. The van der Waals surface area contributed by atoms with Crippen molar-refractivity contribution in [2.24, 2.45) is 0 Å². The molecule has 0 spiro atoms. The molecule has 1 N–H and O–H groups in total. The molecule has 0 radical (unpaired) electrons. The summed E-state index contributed by atoms with van der Waals surface area (Å²) in [4.78, 5) is 2.51. The number of nitrogens with one attached hydrogen (secondary N) is 1. The van der Waals surface area contributed by atoms with Gasteiger partial charge in [0.05, 0.1) is 0 Å². The highest BCUT2D eigenvalue weighted by molar-refractivity contribution is 5.18. The second-order valence-electron chi connectivity index (χ2n) is 6.46. The first-order valence-electron chi connectivity index (χ1n) is 8.79. The van der Waals surface area contributed by atoms with Crippen molar-refractivity contribution in [2.75, 3.05) is 26.2 Å². The van der Waals surface area contributed by atoms with E-state index in [1.807, 2.05) is 0 Å². The highest BCUT2D eigenvalue weighted by atomic mass is 15.1. The monoisotopic (exact) mass is 288 g/mol. The first-order chi connectivity index (χ1) is 10.3. The van der Waals surface area contributed by atoms with Gasteiger partial charge < -0.3 is 10.2 Å². The standard InChI is InChI=1S/C19H32N2/c1-3-21(4-2)16-15-20-19(13-9-6-10-14-19)17-18-11-7-5-8-12-18/h5,7-8,11-12,20H,3-4,6,9-10,13-17H2,1-2H3. The molecule has 1 aromatic carbocycles. The van der Waals surface area contributed by atoms with Gasteiger partial charge >= 0.3 is 0 Å². The minimum Gasteiger partial charge on any atom is -0.310 e. The highest BCUT2D eigenvalue weighted by Crippen LogP contribution is 2.31. The minimum absolute atomic E-state index is 0.340. The molecule has 2 nitrogen and oxygen atoms in total. The third kappa shape index (κ3) is 5.12. The fourth-order valence-electron chi connectivity index (χ4n) is 3.65. The number of rotatable bonds is 8. The van der Waals surface area contributed by atoms with Crippen molar-refractivity contribution >= 4 is 0 Å². The Bertz CT molecular complexity index is 378. The van der Waals surface area contributed by atoms with Crippen LogP contribution in [0.25, 0.3) is 0 Å². The second-order valence-corrected chi connectivity index (χ2v) is 6.46. The molecule has 0 aliphatic heterocycles. The highest BCUT2D eigenvalue weighted by Gasteiger charge is 2.31. The van der Waals surface area contributed by atoms with Crippen LogP contribution in [-0.4, -0.2) is 36.6 Å². The van der Waals surface area contributed by atoms with Gasteiger partial charge in [-0.15, -0.1) is 0 Å². The molecule has 1 aliphatic carbocycles. The Balaban J connectivity index is 1.93. The Morgan fingerprint density at radius 3 is 2.29 bits per heavy atom. The van der Waals surface area contributed by atoms with Crippen molar-refractivity contribution in [3.05, 3.63) is 35.9 Å². The predicted octanol–water partition coefficient (Wildman–Crippen LogP) is 3.86. The van der Waals surface area contributed by atoms with Gasteiger partial charge in [-0.25, -0.2) is 0 Å². The van der Waals surface area contributed by atoms with Crippen LogP contribution in [0, 0.1) is 0 Å². The van der Waals surface area contributed by atoms with Crippen LogP contribution in [0.4, 0.5) is 0 Å². The zero-order valence-corrected chi connectivity index (χ0v) is 13.9. The molecule has 21 heavy (non-hydrogen) atoms. The summed E-state index contributed by atoms with van der Waals surface area (Å²) >= 11 is 0. The molecule has 0 unspecified atom stereocenters. The van der Waals surface area contributed by atoms with E-state index in [-0.39, 0.29) is 0 Å². The first kappa shape index (κ1) is 16.5. The molecule has 1 fully saturated rings. The fraction of sp³-hybridized carbons (Fsp3) is 0.684. The van der Waals surface area contributed by atoms with Crippen LogP contribution in [0.5, 0.6) is 0 Å². The molecule has 1 aliphatic rings. The predicted molar refractivity (Wildman–Crippen MR) is 91.8 cm³/mol. The average Bonchev–Trinajstić information content (AvgIpc) is 2.53. The topological polar surface area (TPSA) is 15.3 Å². The normalized spacial score (nSPS) is 18.0. The molecule has 0 amide bonds. The van der Waals surface area contributed by atoms with Crippen molar-refractivity contribution in [3.8, 4) is 0 Å². The van der Waals surface area contributed by atoms with Crippen LogP contribution < -0.4 is 5.32 Å². The van der Waals surface area contributed by atoms with Crippen LogP contribution in [0.3, 0.4) is 0 Å². The SMILES string of the molecule is CCN(CC)CCNC1(Cc2ccccc2)CCCCC1. The molecule has 0 saturated heterocycles. The summed E-state index contributed by atoms with van der Waals surface area (Å²) in [5.41, 5.74) is 1.82. The number of nitrogens with zero attached hydrogens (tertiary/aromatic N) is 1. The van der Waals surface area contributed by atoms with E-state index in [1.54, 1.807) is 0 Å². The van der Waals surface area contributed by atoms with Gasteiger partial charge in [-0.3, -0.25) is 0 Å². The van der Waals surface area contributed by atoms with E-state index in [1.165, 1.54) is 50.6 Å². The summed E-state index contributed by atoms with van der Waals surface area (Å²) in [5, 5.41) is 3.94.